The van der Waals surface area contributed by atoms with E-state index in [1.54, 1.807) is 43.5 Å². The molecule has 1 aliphatic heterocycles. The van der Waals surface area contributed by atoms with Crippen LogP contribution in [0.15, 0.2) is 42.7 Å². The van der Waals surface area contributed by atoms with Crippen LogP contribution in [-0.4, -0.2) is 75.0 Å². The number of carbonyl (C=O) groups is 2. The fourth-order valence-electron chi connectivity index (χ4n) is 3.70. The second kappa shape index (κ2) is 8.48. The monoisotopic (exact) mass is 407 g/mol. The Balaban J connectivity index is 1.45. The number of hydrogen-bond acceptors (Lipinski definition) is 5. The molecule has 1 unspecified atom stereocenters. The average Bonchev–Trinajstić information content (AvgIpc) is 3.40. The molecule has 1 atom stereocenters. The van der Waals surface area contributed by atoms with Crippen molar-refractivity contribution in [1.82, 2.24) is 34.7 Å². The summed E-state index contributed by atoms with van der Waals surface area (Å²) in [4.78, 5) is 32.5. The van der Waals surface area contributed by atoms with Crippen molar-refractivity contribution >= 4 is 17.6 Å². The van der Waals surface area contributed by atoms with Crippen molar-refractivity contribution < 1.29 is 9.59 Å². The summed E-state index contributed by atoms with van der Waals surface area (Å²) in [5, 5.41) is 11.5. The number of urea groups is 1. The van der Waals surface area contributed by atoms with Gasteiger partial charge in [-0.05, 0) is 30.7 Å². The van der Waals surface area contributed by atoms with Crippen molar-refractivity contribution in [3.63, 3.8) is 0 Å². The molecule has 4 heterocycles. The first-order valence-corrected chi connectivity index (χ1v) is 10.0. The molecule has 0 spiro atoms. The second-order valence-corrected chi connectivity index (χ2v) is 7.64. The molecule has 0 radical (unpaired) electrons. The van der Waals surface area contributed by atoms with Gasteiger partial charge < -0.3 is 15.1 Å². The average molecular weight is 407 g/mol. The molecular weight excluding hydrogens is 382 g/mol. The van der Waals surface area contributed by atoms with Gasteiger partial charge >= 0.3 is 6.03 Å². The zero-order valence-electron chi connectivity index (χ0n) is 17.2. The normalized spacial score (nSPS) is 16.1. The highest BCUT2D eigenvalue weighted by molar-refractivity contribution is 5.94. The van der Waals surface area contributed by atoms with E-state index < -0.39 is 0 Å². The first-order chi connectivity index (χ1) is 14.5. The van der Waals surface area contributed by atoms with Crippen LogP contribution < -0.4 is 5.32 Å². The van der Waals surface area contributed by atoms with Crippen LogP contribution in [-0.2, 0) is 6.42 Å². The summed E-state index contributed by atoms with van der Waals surface area (Å²) in [6, 6.07) is 9.28. The number of fused-ring (bicyclic) bond motifs is 1. The minimum absolute atomic E-state index is 0.000654. The molecule has 1 N–H and O–H groups in total. The predicted octanol–water partition coefficient (Wildman–Crippen LogP) is 1.57. The van der Waals surface area contributed by atoms with Gasteiger partial charge in [0.15, 0.2) is 5.65 Å². The van der Waals surface area contributed by atoms with Gasteiger partial charge in [-0.1, -0.05) is 6.07 Å². The molecule has 0 saturated carbocycles. The molecule has 30 heavy (non-hydrogen) atoms. The zero-order chi connectivity index (χ0) is 21.1. The van der Waals surface area contributed by atoms with Crippen molar-refractivity contribution in [2.24, 2.45) is 0 Å². The van der Waals surface area contributed by atoms with E-state index in [0.717, 1.165) is 17.9 Å². The maximum atomic E-state index is 12.6. The zero-order valence-corrected chi connectivity index (χ0v) is 17.2. The summed E-state index contributed by atoms with van der Waals surface area (Å²) in [7, 11) is 3.50. The Kier molecular flexibility index (Phi) is 5.60. The largest absolute Gasteiger partial charge is 0.352 e. The summed E-state index contributed by atoms with van der Waals surface area (Å²) in [6.45, 7) is 1.79. The minimum atomic E-state index is -0.150. The molecule has 0 aliphatic carbocycles. The molecule has 4 rings (SSSR count). The van der Waals surface area contributed by atoms with Crippen molar-refractivity contribution in [2.45, 2.75) is 18.8 Å². The van der Waals surface area contributed by atoms with E-state index in [1.807, 2.05) is 27.5 Å². The van der Waals surface area contributed by atoms with Crippen molar-refractivity contribution in [3.05, 3.63) is 59.8 Å². The van der Waals surface area contributed by atoms with E-state index in [-0.39, 0.29) is 17.9 Å². The molecule has 3 amide bonds. The lowest BCUT2D eigenvalue weighted by Gasteiger charge is -2.21. The number of nitrogens with one attached hydrogen (secondary N) is 1. The maximum Gasteiger partial charge on any atom is 0.319 e. The number of aromatic nitrogens is 4. The Bertz CT molecular complexity index is 1050. The lowest BCUT2D eigenvalue weighted by molar-refractivity contribution is 0.0953. The highest BCUT2D eigenvalue weighted by Crippen LogP contribution is 2.27. The molecule has 0 aromatic carbocycles. The third-order valence-electron chi connectivity index (χ3n) is 5.29. The molecule has 3 aromatic heterocycles. The molecule has 156 valence electrons. The van der Waals surface area contributed by atoms with Crippen LogP contribution in [0.3, 0.4) is 0 Å². The van der Waals surface area contributed by atoms with Crippen molar-refractivity contribution in [3.8, 4) is 0 Å². The highest BCUT2D eigenvalue weighted by Gasteiger charge is 2.31. The Hall–Kier alpha value is -3.49. The van der Waals surface area contributed by atoms with Gasteiger partial charge in [0.05, 0.1) is 5.56 Å². The van der Waals surface area contributed by atoms with E-state index >= 15 is 0 Å². The van der Waals surface area contributed by atoms with Crippen molar-refractivity contribution in [2.75, 3.05) is 33.7 Å². The summed E-state index contributed by atoms with van der Waals surface area (Å²) in [5.74, 6) is 0.719. The van der Waals surface area contributed by atoms with E-state index in [0.29, 0.717) is 37.3 Å². The van der Waals surface area contributed by atoms with Gasteiger partial charge in [-0.3, -0.25) is 14.2 Å². The standard InChI is InChI=1S/C21H25N7O2/c1-26(2)21(30)27-12-9-15(13-27)19-25-24-18-7-6-16(14-28(18)19)20(29)23-11-8-17-5-3-4-10-22-17/h3-7,10,14-15H,8-9,11-13H2,1-2H3,(H,23,29). The van der Waals surface area contributed by atoms with Crippen molar-refractivity contribution in [1.29, 1.82) is 0 Å². The van der Waals surface area contributed by atoms with Gasteiger partial charge in [0.25, 0.3) is 5.91 Å². The van der Waals surface area contributed by atoms with Crippen LogP contribution in [0.2, 0.25) is 0 Å². The van der Waals surface area contributed by atoms with Gasteiger partial charge in [0, 0.05) is 64.2 Å². The number of hydrogen-bond donors (Lipinski definition) is 1. The number of amides is 3. The molecule has 1 saturated heterocycles. The van der Waals surface area contributed by atoms with Gasteiger partial charge in [-0.15, -0.1) is 10.2 Å². The molecule has 3 aromatic rings. The number of carbonyl (C=O) groups excluding carboxylic acids is 2. The van der Waals surface area contributed by atoms with Crippen LogP contribution in [0.1, 0.15) is 34.2 Å². The third kappa shape index (κ3) is 4.10. The molecule has 0 bridgehead atoms. The lowest BCUT2D eigenvalue weighted by Crippen LogP contribution is -2.37. The number of likely N-dealkylation sites (tertiary alicyclic amines) is 1. The van der Waals surface area contributed by atoms with Gasteiger partial charge in [0.1, 0.15) is 5.82 Å². The van der Waals surface area contributed by atoms with E-state index in [4.69, 9.17) is 0 Å². The Morgan fingerprint density at radius 2 is 2.07 bits per heavy atom. The molecular formula is C21H25N7O2. The van der Waals surface area contributed by atoms with Gasteiger partial charge in [-0.25, -0.2) is 4.79 Å². The van der Waals surface area contributed by atoms with E-state index in [1.165, 1.54) is 0 Å². The predicted molar refractivity (Wildman–Crippen MR) is 111 cm³/mol. The van der Waals surface area contributed by atoms with Crippen LogP contribution in [0, 0.1) is 0 Å². The molecule has 9 heteroatoms. The fraction of sp³-hybridized carbons (Fsp3) is 0.381. The Morgan fingerprint density at radius 3 is 2.83 bits per heavy atom. The number of rotatable bonds is 5. The molecule has 1 aliphatic rings. The fourth-order valence-corrected chi connectivity index (χ4v) is 3.70. The third-order valence-corrected chi connectivity index (χ3v) is 5.29. The summed E-state index contributed by atoms with van der Waals surface area (Å²) >= 11 is 0. The number of pyridine rings is 2. The molecule has 9 nitrogen and oxygen atoms in total. The second-order valence-electron chi connectivity index (χ2n) is 7.64. The SMILES string of the molecule is CN(C)C(=O)N1CCC(c2nnc3ccc(C(=O)NCCc4ccccn4)cn23)C1. The van der Waals surface area contributed by atoms with Gasteiger partial charge in [0.2, 0.25) is 0 Å². The topological polar surface area (TPSA) is 95.7 Å². The van der Waals surface area contributed by atoms with Crippen LogP contribution in [0.4, 0.5) is 4.79 Å². The first kappa shape index (κ1) is 19.8. The van der Waals surface area contributed by atoms with E-state index in [2.05, 4.69) is 20.5 Å². The quantitative estimate of drug-likeness (QED) is 0.693. The summed E-state index contributed by atoms with van der Waals surface area (Å²) in [6.07, 6.45) is 5.01. The van der Waals surface area contributed by atoms with Crippen LogP contribution in [0.5, 0.6) is 0 Å². The van der Waals surface area contributed by atoms with Crippen LogP contribution in [0.25, 0.3) is 5.65 Å². The van der Waals surface area contributed by atoms with E-state index in [9.17, 15) is 9.59 Å². The lowest BCUT2D eigenvalue weighted by atomic mass is 10.1. The summed E-state index contributed by atoms with van der Waals surface area (Å²) in [5.41, 5.74) is 2.17. The van der Waals surface area contributed by atoms with Crippen LogP contribution >= 0.6 is 0 Å². The maximum absolute atomic E-state index is 12.6. The first-order valence-electron chi connectivity index (χ1n) is 10.0. The van der Waals surface area contributed by atoms with Gasteiger partial charge in [-0.2, -0.15) is 0 Å². The Labute approximate surface area is 174 Å². The smallest absolute Gasteiger partial charge is 0.319 e. The number of nitrogens with zero attached hydrogens (tertiary/aromatic N) is 6. The highest BCUT2D eigenvalue weighted by atomic mass is 16.2. The minimum Gasteiger partial charge on any atom is -0.352 e. The Morgan fingerprint density at radius 1 is 1.20 bits per heavy atom. The summed E-state index contributed by atoms with van der Waals surface area (Å²) < 4.78 is 1.86. The molecule has 1 fully saturated rings.